The van der Waals surface area contributed by atoms with Gasteiger partial charge in [-0.3, -0.25) is 14.5 Å². The van der Waals surface area contributed by atoms with E-state index in [0.717, 1.165) is 0 Å². The maximum Gasteiger partial charge on any atom is 0.251 e. The number of piperidine rings is 2. The third-order valence-corrected chi connectivity index (χ3v) is 5.24. The molecule has 0 radical (unpaired) electrons. The summed E-state index contributed by atoms with van der Waals surface area (Å²) in [5, 5.41) is 2.72. The number of carbonyl (C=O) groups excluding carboxylic acids is 2. The average Bonchev–Trinajstić information content (AvgIpc) is 2.64. The zero-order valence-electron chi connectivity index (χ0n) is 15.1. The first-order valence-electron chi connectivity index (χ1n) is 9.27. The topological polar surface area (TPSA) is 52.7 Å². The van der Waals surface area contributed by atoms with E-state index in [9.17, 15) is 22.8 Å². The van der Waals surface area contributed by atoms with E-state index in [1.165, 1.54) is 24.3 Å². The maximum absolute atomic E-state index is 13.2. The molecule has 1 N–H and O–H groups in total. The van der Waals surface area contributed by atoms with Crippen molar-refractivity contribution in [2.24, 2.45) is 5.92 Å². The number of amides is 2. The van der Waals surface area contributed by atoms with E-state index in [1.807, 2.05) is 4.90 Å². The van der Waals surface area contributed by atoms with Crippen molar-refractivity contribution in [2.45, 2.75) is 31.6 Å². The summed E-state index contributed by atoms with van der Waals surface area (Å²) in [6.07, 6.45) is 0.716. The van der Waals surface area contributed by atoms with Crippen molar-refractivity contribution in [3.05, 3.63) is 30.1 Å². The molecule has 2 heterocycles. The minimum Gasteiger partial charge on any atom is -0.342 e. The second kappa shape index (κ2) is 8.29. The van der Waals surface area contributed by atoms with Crippen LogP contribution in [0, 0.1) is 11.7 Å². The molecule has 0 aliphatic carbocycles. The van der Waals surface area contributed by atoms with Crippen LogP contribution in [0.1, 0.15) is 25.7 Å². The van der Waals surface area contributed by atoms with Gasteiger partial charge < -0.3 is 10.2 Å². The Morgan fingerprint density at radius 2 is 1.63 bits per heavy atom. The Balaban J connectivity index is 1.41. The molecule has 0 unspecified atom stereocenters. The van der Waals surface area contributed by atoms with E-state index in [2.05, 4.69) is 5.32 Å². The smallest absolute Gasteiger partial charge is 0.251 e. The van der Waals surface area contributed by atoms with E-state index in [4.69, 9.17) is 0 Å². The number of likely N-dealkylation sites (tertiary alicyclic amines) is 2. The minimum atomic E-state index is -2.65. The van der Waals surface area contributed by atoms with Crippen LogP contribution in [0.4, 0.5) is 18.9 Å². The number of alkyl halides is 2. The number of hydrogen-bond acceptors (Lipinski definition) is 3. The van der Waals surface area contributed by atoms with Gasteiger partial charge >= 0.3 is 0 Å². The molecule has 2 fully saturated rings. The van der Waals surface area contributed by atoms with E-state index in [0.29, 0.717) is 31.6 Å². The Morgan fingerprint density at radius 1 is 1.04 bits per heavy atom. The lowest BCUT2D eigenvalue weighted by molar-refractivity contribution is -0.143. The van der Waals surface area contributed by atoms with Crippen LogP contribution in [-0.2, 0) is 9.59 Å². The summed E-state index contributed by atoms with van der Waals surface area (Å²) in [7, 11) is 0. The van der Waals surface area contributed by atoms with Crippen LogP contribution in [0.5, 0.6) is 0 Å². The summed E-state index contributed by atoms with van der Waals surface area (Å²) in [5.74, 6) is -3.41. The number of benzene rings is 1. The van der Waals surface area contributed by atoms with Crippen molar-refractivity contribution >= 4 is 17.5 Å². The first kappa shape index (κ1) is 19.7. The van der Waals surface area contributed by atoms with E-state index >= 15 is 0 Å². The third-order valence-electron chi connectivity index (χ3n) is 5.24. The molecule has 148 valence electrons. The summed E-state index contributed by atoms with van der Waals surface area (Å²) in [4.78, 5) is 28.1. The Bertz CT molecular complexity index is 663. The normalized spacial score (nSPS) is 21.1. The number of halogens is 3. The molecular formula is C19H24F3N3O2. The number of hydrogen-bond donors (Lipinski definition) is 1. The maximum atomic E-state index is 13.2. The zero-order chi connectivity index (χ0) is 19.4. The van der Waals surface area contributed by atoms with Gasteiger partial charge in [-0.05, 0) is 50.2 Å². The number of rotatable bonds is 4. The van der Waals surface area contributed by atoms with Crippen molar-refractivity contribution in [1.82, 2.24) is 9.80 Å². The molecule has 2 saturated heterocycles. The van der Waals surface area contributed by atoms with Gasteiger partial charge in [0.25, 0.3) is 5.92 Å². The SMILES string of the molecule is O=C(CN1CCC(C(=O)N2CCC(F)(F)CC2)CC1)Nc1ccc(F)cc1. The highest BCUT2D eigenvalue weighted by Crippen LogP contribution is 2.29. The summed E-state index contributed by atoms with van der Waals surface area (Å²) in [6, 6.07) is 5.56. The number of anilines is 1. The fourth-order valence-corrected chi connectivity index (χ4v) is 3.59. The molecule has 27 heavy (non-hydrogen) atoms. The van der Waals surface area contributed by atoms with Gasteiger partial charge in [-0.2, -0.15) is 0 Å². The van der Waals surface area contributed by atoms with E-state index in [1.54, 1.807) is 4.90 Å². The van der Waals surface area contributed by atoms with Crippen molar-refractivity contribution < 1.29 is 22.8 Å². The molecular weight excluding hydrogens is 359 g/mol. The van der Waals surface area contributed by atoms with Crippen LogP contribution < -0.4 is 5.32 Å². The number of nitrogens with zero attached hydrogens (tertiary/aromatic N) is 2. The molecule has 8 heteroatoms. The second-order valence-corrected chi connectivity index (χ2v) is 7.29. The molecule has 1 aromatic rings. The quantitative estimate of drug-likeness (QED) is 0.870. The number of nitrogens with one attached hydrogen (secondary N) is 1. The monoisotopic (exact) mass is 383 g/mol. The van der Waals surface area contributed by atoms with Crippen LogP contribution in [0.3, 0.4) is 0 Å². The molecule has 0 saturated carbocycles. The van der Waals surface area contributed by atoms with E-state index < -0.39 is 5.92 Å². The van der Waals surface area contributed by atoms with Gasteiger partial charge in [-0.15, -0.1) is 0 Å². The van der Waals surface area contributed by atoms with Gasteiger partial charge in [0, 0.05) is 37.5 Å². The second-order valence-electron chi connectivity index (χ2n) is 7.29. The predicted molar refractivity (Wildman–Crippen MR) is 95.0 cm³/mol. The van der Waals surface area contributed by atoms with Gasteiger partial charge in [-0.25, -0.2) is 13.2 Å². The summed E-state index contributed by atoms with van der Waals surface area (Å²) >= 11 is 0. The fraction of sp³-hybridized carbons (Fsp3) is 0.579. The molecule has 0 spiro atoms. The molecule has 2 amide bonds. The van der Waals surface area contributed by atoms with Crippen LogP contribution in [0.25, 0.3) is 0 Å². The minimum absolute atomic E-state index is 0.0408. The first-order valence-corrected chi connectivity index (χ1v) is 9.27. The van der Waals surface area contributed by atoms with Crippen LogP contribution in [0.2, 0.25) is 0 Å². The molecule has 0 bridgehead atoms. The highest BCUT2D eigenvalue weighted by atomic mass is 19.3. The Hall–Kier alpha value is -2.09. The Kier molecular flexibility index (Phi) is 6.04. The van der Waals surface area contributed by atoms with Crippen LogP contribution in [0.15, 0.2) is 24.3 Å². The third kappa shape index (κ3) is 5.45. The molecule has 0 aromatic heterocycles. The number of carbonyl (C=O) groups is 2. The molecule has 3 rings (SSSR count). The van der Waals surface area contributed by atoms with Crippen LogP contribution >= 0.6 is 0 Å². The highest BCUT2D eigenvalue weighted by molar-refractivity contribution is 5.92. The van der Waals surface area contributed by atoms with Crippen molar-refractivity contribution in [3.8, 4) is 0 Å². The summed E-state index contributed by atoms with van der Waals surface area (Å²) in [6.45, 7) is 1.65. The first-order chi connectivity index (χ1) is 12.8. The van der Waals surface area contributed by atoms with Crippen LogP contribution in [-0.4, -0.2) is 60.3 Å². The molecule has 0 atom stereocenters. The Morgan fingerprint density at radius 3 is 2.22 bits per heavy atom. The van der Waals surface area contributed by atoms with Gasteiger partial charge in [-0.1, -0.05) is 0 Å². The van der Waals surface area contributed by atoms with Gasteiger partial charge in [0.2, 0.25) is 11.8 Å². The zero-order valence-corrected chi connectivity index (χ0v) is 15.1. The van der Waals surface area contributed by atoms with Gasteiger partial charge in [0.05, 0.1) is 6.54 Å². The predicted octanol–water partition coefficient (Wildman–Crippen LogP) is 2.73. The average molecular weight is 383 g/mol. The largest absolute Gasteiger partial charge is 0.342 e. The molecule has 1 aromatic carbocycles. The summed E-state index contributed by atoms with van der Waals surface area (Å²) < 4.78 is 39.3. The molecule has 2 aliphatic heterocycles. The van der Waals surface area contributed by atoms with Gasteiger partial charge in [0.1, 0.15) is 5.82 Å². The van der Waals surface area contributed by atoms with Crippen molar-refractivity contribution in [1.29, 1.82) is 0 Å². The van der Waals surface area contributed by atoms with E-state index in [-0.39, 0.29) is 56.0 Å². The lowest BCUT2D eigenvalue weighted by Gasteiger charge is -2.37. The van der Waals surface area contributed by atoms with Crippen molar-refractivity contribution in [3.63, 3.8) is 0 Å². The standard InChI is InChI=1S/C19H24F3N3O2/c20-15-1-3-16(4-2-15)23-17(26)13-24-9-5-14(6-10-24)18(27)25-11-7-19(21,22)8-12-25/h1-4,14H,5-13H2,(H,23,26). The molecule has 2 aliphatic rings. The fourth-order valence-electron chi connectivity index (χ4n) is 3.59. The molecule has 5 nitrogen and oxygen atoms in total. The highest BCUT2D eigenvalue weighted by Gasteiger charge is 2.37. The Labute approximate surface area is 156 Å². The van der Waals surface area contributed by atoms with Crippen molar-refractivity contribution in [2.75, 3.05) is 38.0 Å². The van der Waals surface area contributed by atoms with Gasteiger partial charge in [0.15, 0.2) is 0 Å². The lowest BCUT2D eigenvalue weighted by Crippen LogP contribution is -2.48. The summed E-state index contributed by atoms with van der Waals surface area (Å²) in [5.41, 5.74) is 0.536. The lowest BCUT2D eigenvalue weighted by atomic mass is 9.94.